The lowest BCUT2D eigenvalue weighted by Crippen LogP contribution is -2.41. The van der Waals surface area contributed by atoms with Gasteiger partial charge in [-0.15, -0.1) is 6.58 Å². The average Bonchev–Trinajstić information content (AvgIpc) is 2.76. The number of hydrogen-bond donors (Lipinski definition) is 2. The predicted molar refractivity (Wildman–Crippen MR) is 121 cm³/mol. The average molecular weight is 413 g/mol. The Hall–Kier alpha value is -2.37. The molecule has 0 aliphatic carbocycles. The summed E-state index contributed by atoms with van der Waals surface area (Å²) in [4.78, 5) is 19.4. The van der Waals surface area contributed by atoms with Crippen LogP contribution in [0.25, 0.3) is 0 Å². The molecular weight excluding hydrogens is 384 g/mol. The molecule has 1 aliphatic heterocycles. The molecule has 1 aliphatic rings. The molecule has 3 rings (SSSR count). The normalized spacial score (nSPS) is 16.2. The molecule has 0 spiro atoms. The van der Waals surface area contributed by atoms with Crippen molar-refractivity contribution in [1.82, 2.24) is 9.88 Å². The number of piperidine rings is 1. The maximum atomic E-state index is 12.7. The second-order valence-corrected chi connectivity index (χ2v) is 7.87. The highest BCUT2D eigenvalue weighted by molar-refractivity contribution is 6.30. The summed E-state index contributed by atoms with van der Waals surface area (Å²) >= 11 is 5.86. The quantitative estimate of drug-likeness (QED) is 0.594. The third-order valence-electron chi connectivity index (χ3n) is 5.53. The van der Waals surface area contributed by atoms with Crippen molar-refractivity contribution in [2.45, 2.75) is 32.2 Å². The molecular formula is C23H29ClN4O. The van der Waals surface area contributed by atoms with Crippen molar-refractivity contribution < 1.29 is 4.79 Å². The van der Waals surface area contributed by atoms with Gasteiger partial charge in [-0.1, -0.05) is 36.7 Å². The van der Waals surface area contributed by atoms with Crippen molar-refractivity contribution in [2.75, 3.05) is 30.3 Å². The SMILES string of the molecule is C=C[C@H](CC)N1CCC(CNc2ccccc2C(=O)Nc2ccc(Cl)cn2)CC1. The smallest absolute Gasteiger partial charge is 0.258 e. The Morgan fingerprint density at radius 2 is 2.07 bits per heavy atom. The highest BCUT2D eigenvalue weighted by Gasteiger charge is 2.23. The first kappa shape index (κ1) is 21.3. The van der Waals surface area contributed by atoms with E-state index < -0.39 is 0 Å². The lowest BCUT2D eigenvalue weighted by molar-refractivity contribution is 0.102. The summed E-state index contributed by atoms with van der Waals surface area (Å²) in [5, 5.41) is 6.86. The maximum Gasteiger partial charge on any atom is 0.258 e. The van der Waals surface area contributed by atoms with E-state index in [1.165, 1.54) is 6.20 Å². The molecule has 2 aromatic rings. The van der Waals surface area contributed by atoms with Gasteiger partial charge in [-0.3, -0.25) is 9.69 Å². The van der Waals surface area contributed by atoms with E-state index in [9.17, 15) is 4.79 Å². The van der Waals surface area contributed by atoms with E-state index in [0.29, 0.717) is 28.4 Å². The van der Waals surface area contributed by atoms with E-state index in [1.807, 2.05) is 24.3 Å². The Labute approximate surface area is 178 Å². The van der Waals surface area contributed by atoms with Crippen LogP contribution in [-0.2, 0) is 0 Å². The zero-order valence-corrected chi connectivity index (χ0v) is 17.7. The van der Waals surface area contributed by atoms with Gasteiger partial charge in [0.15, 0.2) is 0 Å². The Morgan fingerprint density at radius 1 is 1.31 bits per heavy atom. The first-order valence-electron chi connectivity index (χ1n) is 10.2. The predicted octanol–water partition coefficient (Wildman–Crippen LogP) is 5.08. The number of rotatable bonds is 8. The monoisotopic (exact) mass is 412 g/mol. The summed E-state index contributed by atoms with van der Waals surface area (Å²) < 4.78 is 0. The number of benzene rings is 1. The highest BCUT2D eigenvalue weighted by Crippen LogP contribution is 2.23. The standard InChI is InChI=1S/C23H29ClN4O/c1-3-19(4-2)28-13-11-17(12-14-28)15-25-21-8-6-5-7-20(21)23(29)27-22-10-9-18(24)16-26-22/h3,5-10,16-17,19,25H,1,4,11-15H2,2H3,(H,26,27,29)/t19-/m1/s1. The minimum atomic E-state index is -0.186. The molecule has 2 N–H and O–H groups in total. The van der Waals surface area contributed by atoms with Crippen LogP contribution in [0.5, 0.6) is 0 Å². The molecule has 5 nitrogen and oxygen atoms in total. The Kier molecular flexibility index (Phi) is 7.67. The fourth-order valence-electron chi connectivity index (χ4n) is 3.79. The van der Waals surface area contributed by atoms with Crippen molar-refractivity contribution >= 4 is 29.0 Å². The number of nitrogens with zero attached hydrogens (tertiary/aromatic N) is 2. The molecule has 0 bridgehead atoms. The number of carbonyl (C=O) groups excluding carboxylic acids is 1. The van der Waals surface area contributed by atoms with Gasteiger partial charge >= 0.3 is 0 Å². The van der Waals surface area contributed by atoms with E-state index in [2.05, 4.69) is 40.1 Å². The number of hydrogen-bond acceptors (Lipinski definition) is 4. The molecule has 2 heterocycles. The van der Waals surface area contributed by atoms with Gasteiger partial charge in [-0.2, -0.15) is 0 Å². The number of likely N-dealkylation sites (tertiary alicyclic amines) is 1. The lowest BCUT2D eigenvalue weighted by atomic mass is 9.95. The van der Waals surface area contributed by atoms with Crippen LogP contribution < -0.4 is 10.6 Å². The zero-order chi connectivity index (χ0) is 20.6. The summed E-state index contributed by atoms with van der Waals surface area (Å²) in [5.41, 5.74) is 1.46. The first-order chi connectivity index (χ1) is 14.1. The number of aromatic nitrogens is 1. The molecule has 29 heavy (non-hydrogen) atoms. The molecule has 1 aromatic heterocycles. The maximum absolute atomic E-state index is 12.7. The van der Waals surface area contributed by atoms with Crippen LogP contribution in [0.3, 0.4) is 0 Å². The minimum Gasteiger partial charge on any atom is -0.384 e. The van der Waals surface area contributed by atoms with Gasteiger partial charge in [0.1, 0.15) is 5.82 Å². The topological polar surface area (TPSA) is 57.3 Å². The van der Waals surface area contributed by atoms with Crippen molar-refractivity contribution in [2.24, 2.45) is 5.92 Å². The fourth-order valence-corrected chi connectivity index (χ4v) is 3.90. The summed E-state index contributed by atoms with van der Waals surface area (Å²) in [5.74, 6) is 0.895. The van der Waals surface area contributed by atoms with Gasteiger partial charge in [-0.05, 0) is 62.5 Å². The van der Waals surface area contributed by atoms with Crippen LogP contribution in [0, 0.1) is 5.92 Å². The molecule has 1 saturated heterocycles. The third kappa shape index (κ3) is 5.81. The van der Waals surface area contributed by atoms with E-state index >= 15 is 0 Å². The Balaban J connectivity index is 1.56. The number of anilines is 2. The van der Waals surface area contributed by atoms with Crippen LogP contribution in [0.1, 0.15) is 36.5 Å². The number of nitrogens with one attached hydrogen (secondary N) is 2. The van der Waals surface area contributed by atoms with Crippen LogP contribution in [0.2, 0.25) is 5.02 Å². The lowest BCUT2D eigenvalue weighted by Gasteiger charge is -2.36. The van der Waals surface area contributed by atoms with Gasteiger partial charge in [-0.25, -0.2) is 4.98 Å². The summed E-state index contributed by atoms with van der Waals surface area (Å²) in [7, 11) is 0. The second kappa shape index (κ2) is 10.4. The van der Waals surface area contributed by atoms with Gasteiger partial charge in [0.05, 0.1) is 10.6 Å². The molecule has 1 atom stereocenters. The van der Waals surface area contributed by atoms with Gasteiger partial charge < -0.3 is 10.6 Å². The molecule has 1 aromatic carbocycles. The molecule has 0 radical (unpaired) electrons. The first-order valence-corrected chi connectivity index (χ1v) is 10.6. The van der Waals surface area contributed by atoms with Crippen LogP contribution in [-0.4, -0.2) is 41.5 Å². The van der Waals surface area contributed by atoms with E-state index in [4.69, 9.17) is 11.6 Å². The summed E-state index contributed by atoms with van der Waals surface area (Å²) in [6.07, 6.45) is 6.99. The molecule has 154 valence electrons. The molecule has 1 fully saturated rings. The number of halogens is 1. The number of amides is 1. The Morgan fingerprint density at radius 3 is 2.72 bits per heavy atom. The van der Waals surface area contributed by atoms with Gasteiger partial charge in [0, 0.05) is 24.5 Å². The van der Waals surface area contributed by atoms with E-state index in [0.717, 1.165) is 44.6 Å². The summed E-state index contributed by atoms with van der Waals surface area (Å²) in [6, 6.07) is 11.5. The zero-order valence-electron chi connectivity index (χ0n) is 16.9. The fraction of sp³-hybridized carbons (Fsp3) is 0.391. The molecule has 0 saturated carbocycles. The number of pyridine rings is 1. The van der Waals surface area contributed by atoms with Crippen LogP contribution >= 0.6 is 11.6 Å². The highest BCUT2D eigenvalue weighted by atomic mass is 35.5. The second-order valence-electron chi connectivity index (χ2n) is 7.43. The van der Waals surface area contributed by atoms with Crippen molar-refractivity contribution in [1.29, 1.82) is 0 Å². The Bertz CT molecular complexity index is 816. The van der Waals surface area contributed by atoms with Crippen LogP contribution in [0.15, 0.2) is 55.3 Å². The van der Waals surface area contributed by atoms with Crippen LogP contribution in [0.4, 0.5) is 11.5 Å². The largest absolute Gasteiger partial charge is 0.384 e. The molecule has 1 amide bonds. The molecule has 0 unspecified atom stereocenters. The van der Waals surface area contributed by atoms with Crippen molar-refractivity contribution in [3.8, 4) is 0 Å². The van der Waals surface area contributed by atoms with Crippen molar-refractivity contribution in [3.63, 3.8) is 0 Å². The minimum absolute atomic E-state index is 0.186. The van der Waals surface area contributed by atoms with E-state index in [1.54, 1.807) is 12.1 Å². The number of carbonyl (C=O) groups is 1. The summed E-state index contributed by atoms with van der Waals surface area (Å²) in [6.45, 7) is 9.23. The van der Waals surface area contributed by atoms with Crippen molar-refractivity contribution in [3.05, 3.63) is 65.8 Å². The third-order valence-corrected chi connectivity index (χ3v) is 5.75. The van der Waals surface area contributed by atoms with Gasteiger partial charge in [0.2, 0.25) is 0 Å². The molecule has 6 heteroatoms. The number of para-hydroxylation sites is 1. The van der Waals surface area contributed by atoms with E-state index in [-0.39, 0.29) is 5.91 Å². The van der Waals surface area contributed by atoms with Gasteiger partial charge in [0.25, 0.3) is 5.91 Å².